The molecule has 0 unspecified atom stereocenters. The van der Waals surface area contributed by atoms with Gasteiger partial charge in [0.15, 0.2) is 0 Å². The fourth-order valence-electron chi connectivity index (χ4n) is 0.983. The van der Waals surface area contributed by atoms with Gasteiger partial charge in [-0.05, 0) is 23.8 Å². The van der Waals surface area contributed by atoms with Gasteiger partial charge in [0.1, 0.15) is 0 Å². The van der Waals surface area contributed by atoms with Gasteiger partial charge < -0.3 is 10.4 Å². The lowest BCUT2D eigenvalue weighted by Gasteiger charge is -2.04. The van der Waals surface area contributed by atoms with Crippen LogP contribution in [0.25, 0.3) is 0 Å². The Hall–Kier alpha value is -0.770. The number of benzene rings is 1. The largest absolute Gasteiger partial charge is 0.480 e. The number of carboxylic acid groups (broad SMARTS) is 1. The number of nitrogens with one attached hydrogen (secondary N) is 1. The number of rotatable bonds is 4. The van der Waals surface area contributed by atoms with E-state index in [9.17, 15) is 4.79 Å². The van der Waals surface area contributed by atoms with Gasteiger partial charge >= 0.3 is 5.97 Å². The number of hydrogen-bond acceptors (Lipinski definition) is 2. The van der Waals surface area contributed by atoms with Crippen LogP contribution in [0.1, 0.15) is 5.56 Å². The van der Waals surface area contributed by atoms with Crippen molar-refractivity contribution in [3.8, 4) is 0 Å². The Kier molecular flexibility index (Phi) is 4.20. The highest BCUT2D eigenvalue weighted by atomic mass is 35.5. The van der Waals surface area contributed by atoms with Gasteiger partial charge in [0.25, 0.3) is 0 Å². The second-order valence-electron chi connectivity index (χ2n) is 2.73. The lowest BCUT2D eigenvalue weighted by molar-refractivity contribution is -0.135. The fraction of sp³-hybridized carbons (Fsp3) is 0.222. The third-order valence-corrected chi connectivity index (χ3v) is 2.20. The highest BCUT2D eigenvalue weighted by molar-refractivity contribution is 6.33. The average molecular weight is 234 g/mol. The zero-order chi connectivity index (χ0) is 10.6. The Bertz CT molecular complexity index is 342. The van der Waals surface area contributed by atoms with Crippen molar-refractivity contribution in [1.82, 2.24) is 5.32 Å². The minimum absolute atomic E-state index is 0.0944. The second-order valence-corrected chi connectivity index (χ2v) is 3.58. The first-order valence-electron chi connectivity index (χ1n) is 3.96. The number of carbonyl (C=O) groups is 1. The predicted molar refractivity (Wildman–Crippen MR) is 55.8 cm³/mol. The second kappa shape index (κ2) is 5.20. The van der Waals surface area contributed by atoms with Gasteiger partial charge in [-0.1, -0.05) is 23.2 Å². The Balaban J connectivity index is 2.57. The van der Waals surface area contributed by atoms with Crippen LogP contribution in [0.5, 0.6) is 0 Å². The molecule has 1 aromatic carbocycles. The molecule has 2 N–H and O–H groups in total. The molecule has 0 bridgehead atoms. The third kappa shape index (κ3) is 3.54. The lowest BCUT2D eigenvalue weighted by Crippen LogP contribution is -2.21. The summed E-state index contributed by atoms with van der Waals surface area (Å²) in [6.07, 6.45) is 0. The standard InChI is InChI=1S/C9H9Cl2NO2/c10-7-1-2-8(11)6(3-7)4-12-5-9(13)14/h1-3,12H,4-5H2,(H,13,14). The zero-order valence-corrected chi connectivity index (χ0v) is 8.77. The van der Waals surface area contributed by atoms with Crippen LogP contribution in [0.15, 0.2) is 18.2 Å². The van der Waals surface area contributed by atoms with Crippen molar-refractivity contribution in [1.29, 1.82) is 0 Å². The highest BCUT2D eigenvalue weighted by Crippen LogP contribution is 2.20. The highest BCUT2D eigenvalue weighted by Gasteiger charge is 2.02. The molecule has 0 saturated carbocycles. The third-order valence-electron chi connectivity index (χ3n) is 1.60. The molecule has 0 aromatic heterocycles. The molecule has 76 valence electrons. The van der Waals surface area contributed by atoms with E-state index in [0.29, 0.717) is 16.6 Å². The Morgan fingerprint density at radius 1 is 1.43 bits per heavy atom. The summed E-state index contributed by atoms with van der Waals surface area (Å²) >= 11 is 11.6. The summed E-state index contributed by atoms with van der Waals surface area (Å²) in [5, 5.41) is 12.3. The van der Waals surface area contributed by atoms with E-state index in [1.54, 1.807) is 18.2 Å². The van der Waals surface area contributed by atoms with Crippen molar-refractivity contribution < 1.29 is 9.90 Å². The molecule has 5 heteroatoms. The fourth-order valence-corrected chi connectivity index (χ4v) is 1.36. The molecule has 0 fully saturated rings. The predicted octanol–water partition coefficient (Wildman–Crippen LogP) is 2.17. The average Bonchev–Trinajstić information content (AvgIpc) is 2.10. The Morgan fingerprint density at radius 3 is 2.79 bits per heavy atom. The maximum Gasteiger partial charge on any atom is 0.317 e. The summed E-state index contributed by atoms with van der Waals surface area (Å²) < 4.78 is 0. The van der Waals surface area contributed by atoms with Gasteiger partial charge in [0.05, 0.1) is 6.54 Å². The van der Waals surface area contributed by atoms with E-state index >= 15 is 0 Å². The molecule has 0 aliphatic heterocycles. The van der Waals surface area contributed by atoms with E-state index in [-0.39, 0.29) is 6.54 Å². The Labute approximate surface area is 91.6 Å². The first kappa shape index (κ1) is 11.3. The molecule has 0 saturated heterocycles. The van der Waals surface area contributed by atoms with Crippen molar-refractivity contribution in [2.24, 2.45) is 0 Å². The Morgan fingerprint density at radius 2 is 2.14 bits per heavy atom. The summed E-state index contributed by atoms with van der Waals surface area (Å²) in [5.74, 6) is -0.900. The van der Waals surface area contributed by atoms with Gasteiger partial charge in [-0.15, -0.1) is 0 Å². The van der Waals surface area contributed by atoms with Crippen LogP contribution in [0, 0.1) is 0 Å². The minimum Gasteiger partial charge on any atom is -0.480 e. The number of carboxylic acids is 1. The number of aliphatic carboxylic acids is 1. The quantitative estimate of drug-likeness (QED) is 0.839. The summed E-state index contributed by atoms with van der Waals surface area (Å²) in [6, 6.07) is 5.07. The van der Waals surface area contributed by atoms with Crippen molar-refractivity contribution >= 4 is 29.2 Å². The van der Waals surface area contributed by atoms with Crippen molar-refractivity contribution in [3.63, 3.8) is 0 Å². The SMILES string of the molecule is O=C(O)CNCc1cc(Cl)ccc1Cl. The van der Waals surface area contributed by atoms with Crippen molar-refractivity contribution in [2.45, 2.75) is 6.54 Å². The van der Waals surface area contributed by atoms with Crippen LogP contribution in [0.2, 0.25) is 10.0 Å². The van der Waals surface area contributed by atoms with Crippen molar-refractivity contribution in [3.05, 3.63) is 33.8 Å². The van der Waals surface area contributed by atoms with Crippen molar-refractivity contribution in [2.75, 3.05) is 6.54 Å². The van der Waals surface area contributed by atoms with E-state index < -0.39 is 5.97 Å². The first-order chi connectivity index (χ1) is 6.59. The monoisotopic (exact) mass is 233 g/mol. The molecule has 14 heavy (non-hydrogen) atoms. The molecular formula is C9H9Cl2NO2. The van der Waals surface area contributed by atoms with Crippen LogP contribution in [-0.4, -0.2) is 17.6 Å². The molecule has 3 nitrogen and oxygen atoms in total. The molecule has 1 rings (SSSR count). The van der Waals surface area contributed by atoms with E-state index in [1.807, 2.05) is 0 Å². The summed E-state index contributed by atoms with van der Waals surface area (Å²) in [4.78, 5) is 10.2. The zero-order valence-electron chi connectivity index (χ0n) is 7.26. The number of halogens is 2. The van der Waals surface area contributed by atoms with E-state index in [0.717, 1.165) is 5.56 Å². The van der Waals surface area contributed by atoms with E-state index in [1.165, 1.54) is 0 Å². The van der Waals surface area contributed by atoms with Crippen LogP contribution in [0.4, 0.5) is 0 Å². The van der Waals surface area contributed by atoms with Gasteiger partial charge in [-0.3, -0.25) is 4.79 Å². The summed E-state index contributed by atoms with van der Waals surface area (Å²) in [7, 11) is 0. The molecule has 0 heterocycles. The van der Waals surface area contributed by atoms with Gasteiger partial charge in [-0.25, -0.2) is 0 Å². The molecule has 0 atom stereocenters. The van der Waals surface area contributed by atoms with Crippen LogP contribution in [0.3, 0.4) is 0 Å². The molecule has 0 aliphatic rings. The maximum atomic E-state index is 10.2. The maximum absolute atomic E-state index is 10.2. The van der Waals surface area contributed by atoms with Crippen LogP contribution < -0.4 is 5.32 Å². The van der Waals surface area contributed by atoms with E-state index in [4.69, 9.17) is 28.3 Å². The molecule has 0 radical (unpaired) electrons. The molecule has 0 spiro atoms. The smallest absolute Gasteiger partial charge is 0.317 e. The van der Waals surface area contributed by atoms with Crippen LogP contribution in [-0.2, 0) is 11.3 Å². The molecular weight excluding hydrogens is 225 g/mol. The van der Waals surface area contributed by atoms with E-state index in [2.05, 4.69) is 5.32 Å². The lowest BCUT2D eigenvalue weighted by atomic mass is 10.2. The van der Waals surface area contributed by atoms with Gasteiger partial charge in [0.2, 0.25) is 0 Å². The summed E-state index contributed by atoms with van der Waals surface area (Å²) in [6.45, 7) is 0.300. The minimum atomic E-state index is -0.900. The number of hydrogen-bond donors (Lipinski definition) is 2. The van der Waals surface area contributed by atoms with Gasteiger partial charge in [0, 0.05) is 16.6 Å². The first-order valence-corrected chi connectivity index (χ1v) is 4.71. The van der Waals surface area contributed by atoms with Gasteiger partial charge in [-0.2, -0.15) is 0 Å². The normalized spacial score (nSPS) is 10.1. The topological polar surface area (TPSA) is 49.3 Å². The molecule has 0 amide bonds. The van der Waals surface area contributed by atoms with Crippen LogP contribution >= 0.6 is 23.2 Å². The molecule has 0 aliphatic carbocycles. The molecule has 1 aromatic rings. The summed E-state index contributed by atoms with van der Waals surface area (Å²) in [5.41, 5.74) is 0.792.